The van der Waals surface area contributed by atoms with Gasteiger partial charge in [-0.25, -0.2) is 14.4 Å². The van der Waals surface area contributed by atoms with Crippen LogP contribution in [0.15, 0.2) is 0 Å². The molecule has 0 radical (unpaired) electrons. The number of hydrogen-bond donors (Lipinski definition) is 11. The second kappa shape index (κ2) is 49.9. The fourth-order valence-corrected chi connectivity index (χ4v) is 8.35. The van der Waals surface area contributed by atoms with E-state index in [0.29, 0.717) is 19.4 Å². The van der Waals surface area contributed by atoms with Gasteiger partial charge in [0.2, 0.25) is 35.4 Å². The number of aliphatic carboxylic acids is 4. The molecule has 0 saturated carbocycles. The summed E-state index contributed by atoms with van der Waals surface area (Å²) in [6, 6.07) is -4.63. The van der Waals surface area contributed by atoms with Gasteiger partial charge in [-0.15, -0.1) is 0 Å². The highest BCUT2D eigenvalue weighted by atomic mass is 127. The number of nitrogens with one attached hydrogen (secondary N) is 7. The average molecular weight is 1240 g/mol. The summed E-state index contributed by atoms with van der Waals surface area (Å²) in [4.78, 5) is 131. The van der Waals surface area contributed by atoms with Gasteiger partial charge in [-0.1, -0.05) is 77.0 Å². The number of carbonyl (C=O) groups is 11. The highest BCUT2D eigenvalue weighted by Gasteiger charge is 2.26. The van der Waals surface area contributed by atoms with Gasteiger partial charge >= 0.3 is 23.9 Å². The first-order valence-corrected chi connectivity index (χ1v) is 28.7. The van der Waals surface area contributed by atoms with Crippen LogP contribution in [0.25, 0.3) is 0 Å². The minimum absolute atomic E-state index is 0.0727. The average Bonchev–Trinajstić information content (AvgIpc) is 3.39. The van der Waals surface area contributed by atoms with Gasteiger partial charge in [0, 0.05) is 74.6 Å². The zero-order chi connectivity index (χ0) is 58.9. The highest BCUT2D eigenvalue weighted by molar-refractivity contribution is 14.1. The fraction of sp³-hybridized carbons (Fsp3) is 0.788. The van der Waals surface area contributed by atoms with Crippen molar-refractivity contribution in [2.24, 2.45) is 0 Å². The Morgan fingerprint density at radius 1 is 0.354 bits per heavy atom. The van der Waals surface area contributed by atoms with E-state index in [0.717, 1.165) is 77.0 Å². The summed E-state index contributed by atoms with van der Waals surface area (Å²) in [5, 5.41) is 52.4. The first-order valence-electron chi connectivity index (χ1n) is 27.6. The van der Waals surface area contributed by atoms with Crippen LogP contribution in [0.2, 0.25) is 0 Å². The molecule has 6 amide bonds. The third-order valence-electron chi connectivity index (χ3n) is 12.1. The van der Waals surface area contributed by atoms with Crippen LogP contribution in [0, 0.1) is 0 Å². The Hall–Kier alpha value is -5.10. The first-order chi connectivity index (χ1) is 37.9. The van der Waals surface area contributed by atoms with Crippen molar-refractivity contribution < 1.29 is 92.1 Å². The Morgan fingerprint density at radius 2 is 0.696 bits per heavy atom. The van der Waals surface area contributed by atoms with Gasteiger partial charge in [-0.05, 0) is 58.3 Å². The molecule has 0 aromatic carbocycles. The van der Waals surface area contributed by atoms with Crippen molar-refractivity contribution in [3.63, 3.8) is 0 Å². The van der Waals surface area contributed by atoms with E-state index >= 15 is 0 Å². The monoisotopic (exact) mass is 1240 g/mol. The number of hydrogen-bond acceptors (Lipinski definition) is 16. The molecule has 0 aliphatic heterocycles. The molecule has 0 saturated heterocycles. The number of rotatable bonds is 55. The summed E-state index contributed by atoms with van der Waals surface area (Å²) in [6.07, 6.45) is 14.5. The van der Waals surface area contributed by atoms with Gasteiger partial charge in [0.25, 0.3) is 0 Å². The molecule has 4 atom stereocenters. The van der Waals surface area contributed by atoms with Crippen LogP contribution in [-0.2, 0) is 71.7 Å². The number of carbonyl (C=O) groups excluding carboxylic acids is 7. The van der Waals surface area contributed by atoms with E-state index in [1.165, 1.54) is 26.2 Å². The molecule has 11 N–H and O–H groups in total. The third kappa shape index (κ3) is 46.4. The molecule has 0 aliphatic carbocycles. The highest BCUT2D eigenvalue weighted by Crippen LogP contribution is 2.14. The van der Waals surface area contributed by atoms with Gasteiger partial charge in [0.15, 0.2) is 0 Å². The SMILES string of the molecule is CC(=O)[C@H](CCCCNC(=O)COCCOCCNC(=O)COCCOCCNC(=O)CC[C@H](NC(=O)CC[C@H](NC(=O)CC[C@H](NC(=O)CCCCCCCCCCCCCCCCC(=O)O)C(=O)O)C(=O)O)C(=O)O)NI. The zero-order valence-electron chi connectivity index (χ0n) is 46.1. The van der Waals surface area contributed by atoms with Crippen molar-refractivity contribution in [2.75, 3.05) is 72.5 Å². The molecule has 79 heavy (non-hydrogen) atoms. The van der Waals surface area contributed by atoms with Gasteiger partial charge in [-0.3, -0.25) is 41.9 Å². The van der Waals surface area contributed by atoms with Gasteiger partial charge in [0.1, 0.15) is 37.1 Å². The topological polar surface area (TPSA) is 390 Å². The minimum Gasteiger partial charge on any atom is -0.481 e. The number of carboxylic acids is 4. The van der Waals surface area contributed by atoms with E-state index in [1.807, 2.05) is 22.9 Å². The zero-order valence-corrected chi connectivity index (χ0v) is 48.2. The van der Waals surface area contributed by atoms with E-state index in [1.54, 1.807) is 0 Å². The standard InChI is InChI=1S/C52H90IN7O19/c1-38(61)39(60-53)18-16-17-27-54-47(66)36-78-34-33-77-31-29-56-48(67)37-79-35-32-76-30-28-55-43(62)24-21-40(50(70)71)58-45(64)26-23-42(52(74)75)59-46(65)25-22-41(51(72)73)57-44(63)19-14-12-10-8-6-4-2-3-5-7-9-11-13-15-20-49(68)69/h39-42,60H,2-37H2,1H3,(H,54,66)(H,55,62)(H,56,67)(H,57,63)(H,58,64)(H,59,65)(H,68,69)(H,70,71)(H,72,73)(H,74,75)/t39-,40-,41-,42-/m0/s1. The van der Waals surface area contributed by atoms with E-state index in [9.17, 15) is 68.1 Å². The number of Topliss-reactive ketones (excluding diaryl/α,β-unsaturated/α-hetero) is 1. The Balaban J connectivity index is 4.15. The molecular weight excluding hydrogens is 1150 g/mol. The van der Waals surface area contributed by atoms with Crippen molar-refractivity contribution in [3.05, 3.63) is 0 Å². The number of ether oxygens (including phenoxy) is 4. The predicted octanol–water partition coefficient (Wildman–Crippen LogP) is 2.84. The lowest BCUT2D eigenvalue weighted by Gasteiger charge is -2.18. The van der Waals surface area contributed by atoms with Crippen molar-refractivity contribution >= 4 is 88.0 Å². The summed E-state index contributed by atoms with van der Waals surface area (Å²) >= 11 is 1.95. The molecule has 27 heteroatoms. The molecule has 26 nitrogen and oxygen atoms in total. The lowest BCUT2D eigenvalue weighted by atomic mass is 10.0. The summed E-state index contributed by atoms with van der Waals surface area (Å²) in [7, 11) is 0. The predicted molar refractivity (Wildman–Crippen MR) is 296 cm³/mol. The van der Waals surface area contributed by atoms with Gasteiger partial charge in [0.05, 0.1) is 45.7 Å². The van der Waals surface area contributed by atoms with E-state index in [4.69, 9.17) is 24.1 Å². The van der Waals surface area contributed by atoms with Crippen LogP contribution in [0.5, 0.6) is 0 Å². The van der Waals surface area contributed by atoms with Crippen molar-refractivity contribution in [3.8, 4) is 0 Å². The molecule has 0 fully saturated rings. The molecule has 0 aromatic heterocycles. The molecule has 0 bridgehead atoms. The second-order valence-electron chi connectivity index (χ2n) is 19.0. The number of unbranched alkanes of at least 4 members (excludes halogenated alkanes) is 14. The Labute approximate surface area is 477 Å². The van der Waals surface area contributed by atoms with Gasteiger partial charge in [-0.2, -0.15) is 0 Å². The molecule has 454 valence electrons. The number of halogens is 1. The van der Waals surface area contributed by atoms with Crippen molar-refractivity contribution in [1.82, 2.24) is 35.4 Å². The first kappa shape index (κ1) is 73.9. The molecule has 0 rings (SSSR count). The van der Waals surface area contributed by atoms with Crippen LogP contribution in [0.4, 0.5) is 0 Å². The van der Waals surface area contributed by atoms with Crippen molar-refractivity contribution in [2.45, 2.75) is 192 Å². The smallest absolute Gasteiger partial charge is 0.326 e. The Bertz CT molecular complexity index is 1800. The summed E-state index contributed by atoms with van der Waals surface area (Å²) in [5.74, 6) is -8.27. The minimum atomic E-state index is -1.57. The summed E-state index contributed by atoms with van der Waals surface area (Å²) < 4.78 is 24.2. The lowest BCUT2D eigenvalue weighted by Crippen LogP contribution is -2.45. The quantitative estimate of drug-likeness (QED) is 0.0237. The Morgan fingerprint density at radius 3 is 1.08 bits per heavy atom. The number of carboxylic acid groups (broad SMARTS) is 4. The van der Waals surface area contributed by atoms with Crippen molar-refractivity contribution in [1.29, 1.82) is 0 Å². The maximum Gasteiger partial charge on any atom is 0.326 e. The second-order valence-corrected chi connectivity index (χ2v) is 19.6. The number of ketones is 1. The van der Waals surface area contributed by atoms with Crippen LogP contribution in [0.1, 0.15) is 167 Å². The van der Waals surface area contributed by atoms with Crippen LogP contribution in [0.3, 0.4) is 0 Å². The molecule has 0 aliphatic rings. The summed E-state index contributed by atoms with van der Waals surface area (Å²) in [6.45, 7) is 2.89. The maximum absolute atomic E-state index is 12.6. The molecular formula is C52H90IN7O19. The van der Waals surface area contributed by atoms with E-state index in [-0.39, 0.29) is 122 Å². The Kier molecular flexibility index (Phi) is 46.7. The fourth-order valence-electron chi connectivity index (χ4n) is 7.60. The van der Waals surface area contributed by atoms with Gasteiger partial charge < -0.3 is 71.3 Å². The van der Waals surface area contributed by atoms with Crippen LogP contribution >= 0.6 is 22.9 Å². The lowest BCUT2D eigenvalue weighted by molar-refractivity contribution is -0.144. The molecule has 0 spiro atoms. The van der Waals surface area contributed by atoms with Crippen LogP contribution < -0.4 is 35.4 Å². The molecule has 0 unspecified atom stereocenters. The van der Waals surface area contributed by atoms with E-state index in [2.05, 4.69) is 35.4 Å². The van der Waals surface area contributed by atoms with E-state index < -0.39 is 84.9 Å². The van der Waals surface area contributed by atoms with Crippen LogP contribution in [-0.4, -0.2) is 182 Å². The molecule has 0 aromatic rings. The maximum atomic E-state index is 12.6. The largest absolute Gasteiger partial charge is 0.481 e. The summed E-state index contributed by atoms with van der Waals surface area (Å²) in [5.41, 5.74) is 0. The number of amides is 6. The third-order valence-corrected chi connectivity index (χ3v) is 12.9. The molecule has 0 heterocycles. The normalized spacial score (nSPS) is 12.5.